The van der Waals surface area contributed by atoms with Crippen molar-refractivity contribution >= 4 is 5.97 Å². The molecule has 1 saturated heterocycles. The number of carboxylic acids is 1. The van der Waals surface area contributed by atoms with Crippen LogP contribution in [0.5, 0.6) is 0 Å². The standard InChI is InChI=1S/C10H15NO4/c1-10(2)14-7(3-4-11)5-8(15-10)6-9(12)13/h7-8H,3,5-6H2,1-2H3,(H,12,13). The van der Waals surface area contributed by atoms with Gasteiger partial charge >= 0.3 is 5.97 Å². The van der Waals surface area contributed by atoms with Crippen molar-refractivity contribution in [3.8, 4) is 6.07 Å². The molecule has 0 aromatic carbocycles. The van der Waals surface area contributed by atoms with Crippen molar-refractivity contribution in [2.24, 2.45) is 0 Å². The van der Waals surface area contributed by atoms with Crippen LogP contribution < -0.4 is 0 Å². The highest BCUT2D eigenvalue weighted by molar-refractivity contribution is 5.67. The Morgan fingerprint density at radius 3 is 2.67 bits per heavy atom. The molecule has 2 atom stereocenters. The second kappa shape index (κ2) is 4.60. The van der Waals surface area contributed by atoms with Crippen molar-refractivity contribution < 1.29 is 19.4 Å². The summed E-state index contributed by atoms with van der Waals surface area (Å²) in [5.41, 5.74) is 0. The van der Waals surface area contributed by atoms with Gasteiger partial charge in [-0.1, -0.05) is 0 Å². The summed E-state index contributed by atoms with van der Waals surface area (Å²) >= 11 is 0. The van der Waals surface area contributed by atoms with Gasteiger partial charge in [-0.3, -0.25) is 4.79 Å². The Morgan fingerprint density at radius 1 is 1.53 bits per heavy atom. The number of carbonyl (C=O) groups is 1. The molecule has 0 aliphatic carbocycles. The Labute approximate surface area is 88.6 Å². The molecule has 1 heterocycles. The summed E-state index contributed by atoms with van der Waals surface area (Å²) in [4.78, 5) is 10.6. The van der Waals surface area contributed by atoms with Gasteiger partial charge in [0.2, 0.25) is 0 Å². The molecule has 1 rings (SSSR count). The Hall–Kier alpha value is -1.12. The zero-order valence-electron chi connectivity index (χ0n) is 8.90. The fourth-order valence-corrected chi connectivity index (χ4v) is 1.77. The lowest BCUT2D eigenvalue weighted by atomic mass is 10.0. The van der Waals surface area contributed by atoms with Gasteiger partial charge < -0.3 is 14.6 Å². The number of hydrogen-bond donors (Lipinski definition) is 1. The summed E-state index contributed by atoms with van der Waals surface area (Å²) in [6.45, 7) is 3.46. The van der Waals surface area contributed by atoms with Crippen molar-refractivity contribution in [3.05, 3.63) is 0 Å². The van der Waals surface area contributed by atoms with E-state index in [2.05, 4.69) is 0 Å². The first kappa shape index (κ1) is 12.0. The number of carboxylic acid groups (broad SMARTS) is 1. The third-order valence-electron chi connectivity index (χ3n) is 2.15. The van der Waals surface area contributed by atoms with Gasteiger partial charge in [0.1, 0.15) is 0 Å². The third-order valence-corrected chi connectivity index (χ3v) is 2.15. The topological polar surface area (TPSA) is 79.5 Å². The average molecular weight is 213 g/mol. The second-order valence-corrected chi connectivity index (χ2v) is 4.08. The van der Waals surface area contributed by atoms with Gasteiger partial charge in [-0.05, 0) is 13.8 Å². The zero-order chi connectivity index (χ0) is 11.5. The molecule has 0 aromatic heterocycles. The first-order valence-electron chi connectivity index (χ1n) is 4.87. The number of aliphatic carboxylic acids is 1. The molecule has 0 spiro atoms. The van der Waals surface area contributed by atoms with E-state index in [9.17, 15) is 4.79 Å². The van der Waals surface area contributed by atoms with E-state index in [-0.39, 0.29) is 25.0 Å². The minimum atomic E-state index is -0.895. The molecular weight excluding hydrogens is 198 g/mol. The van der Waals surface area contributed by atoms with E-state index in [1.165, 1.54) is 0 Å². The fourth-order valence-electron chi connectivity index (χ4n) is 1.77. The number of ether oxygens (including phenoxy) is 2. The van der Waals surface area contributed by atoms with Gasteiger partial charge in [0.05, 0.1) is 31.1 Å². The molecule has 5 nitrogen and oxygen atoms in total. The highest BCUT2D eigenvalue weighted by Crippen LogP contribution is 2.29. The fraction of sp³-hybridized carbons (Fsp3) is 0.800. The SMILES string of the molecule is CC1(C)OC(CC#N)CC(CC(=O)O)O1. The van der Waals surface area contributed by atoms with Crippen LogP contribution in [-0.2, 0) is 14.3 Å². The van der Waals surface area contributed by atoms with E-state index < -0.39 is 11.8 Å². The van der Waals surface area contributed by atoms with E-state index in [1.807, 2.05) is 6.07 Å². The zero-order valence-corrected chi connectivity index (χ0v) is 8.90. The number of nitrogens with zero attached hydrogens (tertiary/aromatic N) is 1. The van der Waals surface area contributed by atoms with Crippen molar-refractivity contribution in [1.29, 1.82) is 5.26 Å². The van der Waals surface area contributed by atoms with E-state index in [0.29, 0.717) is 6.42 Å². The lowest BCUT2D eigenvalue weighted by Gasteiger charge is -2.39. The van der Waals surface area contributed by atoms with Crippen LogP contribution in [0.2, 0.25) is 0 Å². The minimum absolute atomic E-state index is 0.0469. The lowest BCUT2D eigenvalue weighted by Crippen LogP contribution is -2.45. The molecule has 0 amide bonds. The van der Waals surface area contributed by atoms with E-state index in [1.54, 1.807) is 13.8 Å². The maximum atomic E-state index is 10.6. The third kappa shape index (κ3) is 3.86. The number of nitriles is 1. The van der Waals surface area contributed by atoms with Crippen LogP contribution in [0.15, 0.2) is 0 Å². The summed E-state index contributed by atoms with van der Waals surface area (Å²) in [5.74, 6) is -1.70. The largest absolute Gasteiger partial charge is 0.481 e. The molecule has 1 N–H and O–H groups in total. The molecular formula is C10H15NO4. The molecule has 0 aromatic rings. The summed E-state index contributed by atoms with van der Waals surface area (Å²) in [5, 5.41) is 17.2. The molecule has 0 radical (unpaired) electrons. The quantitative estimate of drug-likeness (QED) is 0.764. The Morgan fingerprint density at radius 2 is 2.13 bits per heavy atom. The maximum absolute atomic E-state index is 10.6. The molecule has 0 bridgehead atoms. The molecule has 2 unspecified atom stereocenters. The van der Waals surface area contributed by atoms with Gasteiger partial charge in [0.15, 0.2) is 5.79 Å². The van der Waals surface area contributed by atoms with Crippen LogP contribution in [0, 0.1) is 11.3 Å². The molecule has 0 saturated carbocycles. The molecule has 15 heavy (non-hydrogen) atoms. The first-order chi connectivity index (χ1) is 6.93. The van der Waals surface area contributed by atoms with Crippen LogP contribution in [-0.4, -0.2) is 29.1 Å². The normalized spacial score (nSPS) is 29.4. The molecule has 5 heteroatoms. The van der Waals surface area contributed by atoms with Crippen molar-refractivity contribution in [3.63, 3.8) is 0 Å². The summed E-state index contributed by atoms with van der Waals surface area (Å²) in [6, 6.07) is 2.02. The molecule has 1 fully saturated rings. The summed E-state index contributed by atoms with van der Waals surface area (Å²) in [7, 11) is 0. The predicted molar refractivity (Wildman–Crippen MR) is 50.9 cm³/mol. The smallest absolute Gasteiger partial charge is 0.305 e. The monoisotopic (exact) mass is 213 g/mol. The second-order valence-electron chi connectivity index (χ2n) is 4.08. The van der Waals surface area contributed by atoms with Crippen molar-refractivity contribution in [1.82, 2.24) is 0 Å². The number of hydrogen-bond acceptors (Lipinski definition) is 4. The van der Waals surface area contributed by atoms with E-state index in [4.69, 9.17) is 19.8 Å². The van der Waals surface area contributed by atoms with Crippen LogP contribution in [0.1, 0.15) is 33.1 Å². The Bertz CT molecular complexity index is 282. The minimum Gasteiger partial charge on any atom is -0.481 e. The van der Waals surface area contributed by atoms with E-state index in [0.717, 1.165) is 0 Å². The van der Waals surface area contributed by atoms with Crippen LogP contribution in [0.25, 0.3) is 0 Å². The highest BCUT2D eigenvalue weighted by atomic mass is 16.7. The van der Waals surface area contributed by atoms with Gasteiger partial charge in [-0.15, -0.1) is 0 Å². The van der Waals surface area contributed by atoms with E-state index >= 15 is 0 Å². The van der Waals surface area contributed by atoms with Gasteiger partial charge in [-0.2, -0.15) is 5.26 Å². The van der Waals surface area contributed by atoms with Crippen LogP contribution in [0.3, 0.4) is 0 Å². The van der Waals surface area contributed by atoms with Crippen molar-refractivity contribution in [2.75, 3.05) is 0 Å². The van der Waals surface area contributed by atoms with Crippen molar-refractivity contribution in [2.45, 2.75) is 51.1 Å². The molecule has 1 aliphatic heterocycles. The van der Waals surface area contributed by atoms with Crippen LogP contribution >= 0.6 is 0 Å². The lowest BCUT2D eigenvalue weighted by molar-refractivity contribution is -0.298. The highest BCUT2D eigenvalue weighted by Gasteiger charge is 2.36. The maximum Gasteiger partial charge on any atom is 0.305 e. The first-order valence-corrected chi connectivity index (χ1v) is 4.87. The van der Waals surface area contributed by atoms with Gasteiger partial charge in [0.25, 0.3) is 0 Å². The molecule has 84 valence electrons. The van der Waals surface area contributed by atoms with Crippen LogP contribution in [0.4, 0.5) is 0 Å². The molecule has 1 aliphatic rings. The Kier molecular flexibility index (Phi) is 3.66. The van der Waals surface area contributed by atoms with Gasteiger partial charge in [0, 0.05) is 6.42 Å². The average Bonchev–Trinajstić information content (AvgIpc) is 1.99. The summed E-state index contributed by atoms with van der Waals surface area (Å²) < 4.78 is 10.9. The predicted octanol–water partition coefficient (Wildman–Crippen LogP) is 1.28. The summed E-state index contributed by atoms with van der Waals surface area (Å²) in [6.07, 6.45) is 0.0775. The van der Waals surface area contributed by atoms with Gasteiger partial charge in [-0.25, -0.2) is 0 Å². The Balaban J connectivity index is 2.60. The number of rotatable bonds is 3.